The van der Waals surface area contributed by atoms with E-state index in [-0.39, 0.29) is 34.1 Å². The van der Waals surface area contributed by atoms with E-state index in [4.69, 9.17) is 9.47 Å². The van der Waals surface area contributed by atoms with Gasteiger partial charge < -0.3 is 14.8 Å². The molecule has 2 rings (SSSR count). The van der Waals surface area contributed by atoms with Crippen LogP contribution in [0.15, 0.2) is 6.07 Å². The van der Waals surface area contributed by atoms with E-state index in [1.165, 1.54) is 11.3 Å². The molecule has 0 spiro atoms. The van der Waals surface area contributed by atoms with Crippen LogP contribution in [0.4, 0.5) is 5.00 Å². The molecule has 2 heterocycles. The average molecular weight is 410 g/mol. The molecule has 2 aromatic heterocycles. The first-order valence-electron chi connectivity index (χ1n) is 8.55. The Kier molecular flexibility index (Phi) is 6.78. The largest absolute Gasteiger partial charge is 0.462 e. The summed E-state index contributed by atoms with van der Waals surface area (Å²) in [5, 5.41) is 3.05. The number of carbonyl (C=O) groups is 3. The van der Waals surface area contributed by atoms with Crippen molar-refractivity contribution in [2.75, 3.05) is 11.9 Å². The summed E-state index contributed by atoms with van der Waals surface area (Å²) in [4.78, 5) is 39.3. The molecule has 1 amide bonds. The number of hydrogen-bond donors (Lipinski definition) is 1. The fraction of sp³-hybridized carbons (Fsp3) is 0.421. The standard InChI is InChI=1S/C19H23NO5S2/c1-7-24-19(23)15-11(5)14(18(22)25-9(2)3)17(27-15)20-16(21)13-8-10(4)12(6)26-13/h8-9H,7H2,1-6H3,(H,20,21). The average Bonchev–Trinajstić information content (AvgIpc) is 3.07. The lowest BCUT2D eigenvalue weighted by Gasteiger charge is -2.10. The SMILES string of the molecule is CCOC(=O)c1sc(NC(=O)c2cc(C)c(C)s2)c(C(=O)OC(C)C)c1C. The molecule has 0 saturated heterocycles. The lowest BCUT2D eigenvalue weighted by Crippen LogP contribution is -2.16. The Balaban J connectivity index is 2.43. The van der Waals surface area contributed by atoms with E-state index in [0.717, 1.165) is 21.8 Å². The van der Waals surface area contributed by atoms with Crippen LogP contribution in [0.5, 0.6) is 0 Å². The van der Waals surface area contributed by atoms with Crippen molar-refractivity contribution < 1.29 is 23.9 Å². The molecule has 0 unspecified atom stereocenters. The highest BCUT2D eigenvalue weighted by molar-refractivity contribution is 7.19. The Morgan fingerprint density at radius 3 is 2.30 bits per heavy atom. The molecule has 0 radical (unpaired) electrons. The second-order valence-electron chi connectivity index (χ2n) is 6.24. The number of aryl methyl sites for hydroxylation is 2. The first-order chi connectivity index (χ1) is 12.6. The van der Waals surface area contributed by atoms with Crippen molar-refractivity contribution in [3.05, 3.63) is 37.4 Å². The monoisotopic (exact) mass is 409 g/mol. The maximum absolute atomic E-state index is 12.6. The minimum absolute atomic E-state index is 0.190. The number of nitrogens with one attached hydrogen (secondary N) is 1. The number of ether oxygens (including phenoxy) is 2. The zero-order valence-electron chi connectivity index (χ0n) is 16.2. The number of esters is 2. The Morgan fingerprint density at radius 2 is 1.78 bits per heavy atom. The molecular weight excluding hydrogens is 386 g/mol. The number of amides is 1. The summed E-state index contributed by atoms with van der Waals surface area (Å²) >= 11 is 2.40. The second-order valence-corrected chi connectivity index (χ2v) is 8.52. The molecule has 2 aromatic rings. The van der Waals surface area contributed by atoms with Gasteiger partial charge >= 0.3 is 11.9 Å². The molecule has 0 aromatic carbocycles. The van der Waals surface area contributed by atoms with Gasteiger partial charge in [0.15, 0.2) is 0 Å². The van der Waals surface area contributed by atoms with Gasteiger partial charge in [-0.2, -0.15) is 0 Å². The summed E-state index contributed by atoms with van der Waals surface area (Å²) in [5.74, 6) is -1.43. The third-order valence-corrected chi connectivity index (χ3v) is 6.11. The molecule has 0 aliphatic carbocycles. The Morgan fingerprint density at radius 1 is 1.11 bits per heavy atom. The molecule has 1 N–H and O–H groups in total. The fourth-order valence-corrected chi connectivity index (χ4v) is 4.37. The molecule has 146 valence electrons. The molecule has 0 aliphatic heterocycles. The van der Waals surface area contributed by atoms with Gasteiger partial charge in [0.2, 0.25) is 0 Å². The maximum Gasteiger partial charge on any atom is 0.348 e. The highest BCUT2D eigenvalue weighted by atomic mass is 32.1. The van der Waals surface area contributed by atoms with Gasteiger partial charge in [-0.25, -0.2) is 9.59 Å². The van der Waals surface area contributed by atoms with E-state index >= 15 is 0 Å². The van der Waals surface area contributed by atoms with Gasteiger partial charge in [0, 0.05) is 4.88 Å². The molecule has 0 bridgehead atoms. The van der Waals surface area contributed by atoms with Crippen LogP contribution in [-0.4, -0.2) is 30.6 Å². The van der Waals surface area contributed by atoms with E-state index in [0.29, 0.717) is 10.4 Å². The van der Waals surface area contributed by atoms with Crippen molar-refractivity contribution in [3.8, 4) is 0 Å². The number of carbonyl (C=O) groups excluding carboxylic acids is 3. The van der Waals surface area contributed by atoms with Crippen molar-refractivity contribution in [2.45, 2.75) is 47.6 Å². The minimum Gasteiger partial charge on any atom is -0.462 e. The van der Waals surface area contributed by atoms with Crippen molar-refractivity contribution >= 4 is 45.5 Å². The molecule has 0 atom stereocenters. The highest BCUT2D eigenvalue weighted by Gasteiger charge is 2.28. The van der Waals surface area contributed by atoms with E-state index in [1.54, 1.807) is 33.8 Å². The van der Waals surface area contributed by atoms with Crippen molar-refractivity contribution in [3.63, 3.8) is 0 Å². The molecule has 0 fully saturated rings. The molecule has 0 saturated carbocycles. The summed E-state index contributed by atoms with van der Waals surface area (Å²) in [5.41, 5.74) is 1.66. The smallest absolute Gasteiger partial charge is 0.348 e. The highest BCUT2D eigenvalue weighted by Crippen LogP contribution is 2.35. The normalized spacial score (nSPS) is 10.8. The number of thiophene rings is 2. The van der Waals surface area contributed by atoms with Gasteiger partial charge in [-0.3, -0.25) is 4.79 Å². The first kappa shape index (κ1) is 21.1. The lowest BCUT2D eigenvalue weighted by atomic mass is 10.1. The van der Waals surface area contributed by atoms with Crippen molar-refractivity contribution in [1.29, 1.82) is 0 Å². The van der Waals surface area contributed by atoms with E-state index in [1.807, 2.05) is 13.8 Å². The van der Waals surface area contributed by atoms with Gasteiger partial charge in [-0.15, -0.1) is 22.7 Å². The van der Waals surface area contributed by atoms with Crippen LogP contribution in [-0.2, 0) is 9.47 Å². The van der Waals surface area contributed by atoms with Crippen LogP contribution in [0.3, 0.4) is 0 Å². The van der Waals surface area contributed by atoms with Crippen LogP contribution < -0.4 is 5.32 Å². The molecule has 6 nitrogen and oxygen atoms in total. The quantitative estimate of drug-likeness (QED) is 0.698. The summed E-state index contributed by atoms with van der Waals surface area (Å²) in [6.45, 7) is 10.9. The Hall–Kier alpha value is -2.19. The van der Waals surface area contributed by atoms with E-state index in [9.17, 15) is 14.4 Å². The van der Waals surface area contributed by atoms with Gasteiger partial charge in [0.05, 0.1) is 23.2 Å². The third kappa shape index (κ3) is 4.75. The van der Waals surface area contributed by atoms with Crippen LogP contribution in [0.1, 0.15) is 66.5 Å². The summed E-state index contributed by atoms with van der Waals surface area (Å²) in [6.07, 6.45) is -0.325. The number of anilines is 1. The topological polar surface area (TPSA) is 81.7 Å². The third-order valence-electron chi connectivity index (χ3n) is 3.77. The fourth-order valence-electron chi connectivity index (χ4n) is 2.36. The predicted octanol–water partition coefficient (Wildman–Crippen LogP) is 4.73. The zero-order chi connectivity index (χ0) is 20.3. The van der Waals surface area contributed by atoms with Crippen molar-refractivity contribution in [2.24, 2.45) is 0 Å². The van der Waals surface area contributed by atoms with Gasteiger partial charge in [0.1, 0.15) is 9.88 Å². The summed E-state index contributed by atoms with van der Waals surface area (Å²) in [6, 6.07) is 1.80. The summed E-state index contributed by atoms with van der Waals surface area (Å²) < 4.78 is 10.3. The molecule has 0 aliphatic rings. The predicted molar refractivity (Wildman–Crippen MR) is 107 cm³/mol. The van der Waals surface area contributed by atoms with Gasteiger partial charge in [-0.05, 0) is 58.7 Å². The first-order valence-corrected chi connectivity index (χ1v) is 10.2. The molecule has 27 heavy (non-hydrogen) atoms. The Bertz CT molecular complexity index is 860. The Labute approximate surface area is 166 Å². The van der Waals surface area contributed by atoms with Crippen LogP contribution in [0.2, 0.25) is 0 Å². The lowest BCUT2D eigenvalue weighted by molar-refractivity contribution is 0.0379. The van der Waals surface area contributed by atoms with Crippen molar-refractivity contribution in [1.82, 2.24) is 0 Å². The molecular formula is C19H23NO5S2. The minimum atomic E-state index is -0.580. The van der Waals surface area contributed by atoms with Crippen LogP contribution in [0, 0.1) is 20.8 Å². The van der Waals surface area contributed by atoms with Crippen LogP contribution in [0.25, 0.3) is 0 Å². The van der Waals surface area contributed by atoms with Gasteiger partial charge in [0.25, 0.3) is 5.91 Å². The van der Waals surface area contributed by atoms with E-state index in [2.05, 4.69) is 5.32 Å². The van der Waals surface area contributed by atoms with E-state index < -0.39 is 11.9 Å². The zero-order valence-corrected chi connectivity index (χ0v) is 17.9. The summed E-state index contributed by atoms with van der Waals surface area (Å²) in [7, 11) is 0. The number of rotatable bonds is 6. The molecule has 8 heteroatoms. The van der Waals surface area contributed by atoms with Gasteiger partial charge in [-0.1, -0.05) is 0 Å². The van der Waals surface area contributed by atoms with Crippen LogP contribution >= 0.6 is 22.7 Å². The maximum atomic E-state index is 12.6. The second kappa shape index (κ2) is 8.67. The number of hydrogen-bond acceptors (Lipinski definition) is 7.